The van der Waals surface area contributed by atoms with Crippen LogP contribution in [0.3, 0.4) is 0 Å². The number of sulfonamides is 1. The van der Waals surface area contributed by atoms with Gasteiger partial charge in [-0.3, -0.25) is 14.0 Å². The summed E-state index contributed by atoms with van der Waals surface area (Å²) in [6.07, 6.45) is 2.96. The van der Waals surface area contributed by atoms with Crippen LogP contribution in [-0.4, -0.2) is 51.2 Å². The molecule has 166 valence electrons. The lowest BCUT2D eigenvalue weighted by Gasteiger charge is -2.37. The summed E-state index contributed by atoms with van der Waals surface area (Å²) in [6, 6.07) is 17.4. The number of carbonyl (C=O) groups excluding carboxylic acids is 1. The topological polar surface area (TPSA) is 69.7 Å². The second-order valence-corrected chi connectivity index (χ2v) is 10.7. The largest absolute Gasteiger partial charge is 0.350 e. The molecule has 6 nitrogen and oxygen atoms in total. The zero-order valence-corrected chi connectivity index (χ0v) is 18.9. The Hall–Kier alpha value is -2.38. The van der Waals surface area contributed by atoms with Crippen molar-refractivity contribution in [3.05, 3.63) is 65.7 Å². The number of hydrogen-bond donors (Lipinski definition) is 1. The van der Waals surface area contributed by atoms with E-state index in [1.807, 2.05) is 18.2 Å². The number of nitrogens with zero attached hydrogens (tertiary/aromatic N) is 2. The van der Waals surface area contributed by atoms with E-state index in [9.17, 15) is 13.2 Å². The van der Waals surface area contributed by atoms with Crippen LogP contribution in [0.1, 0.15) is 48.1 Å². The molecule has 0 spiro atoms. The summed E-state index contributed by atoms with van der Waals surface area (Å²) in [7, 11) is -3.27. The van der Waals surface area contributed by atoms with Crippen molar-refractivity contribution in [1.82, 2.24) is 10.2 Å². The van der Waals surface area contributed by atoms with E-state index in [-0.39, 0.29) is 17.7 Å². The molecule has 0 aliphatic carbocycles. The van der Waals surface area contributed by atoms with Crippen molar-refractivity contribution >= 4 is 21.6 Å². The molecule has 1 N–H and O–H groups in total. The summed E-state index contributed by atoms with van der Waals surface area (Å²) in [4.78, 5) is 15.4. The first kappa shape index (κ1) is 21.8. The highest BCUT2D eigenvalue weighted by atomic mass is 32.2. The van der Waals surface area contributed by atoms with Gasteiger partial charge in [0.25, 0.3) is 5.91 Å². The summed E-state index contributed by atoms with van der Waals surface area (Å²) in [6.45, 7) is 5.34. The minimum atomic E-state index is -3.27. The van der Waals surface area contributed by atoms with E-state index in [1.165, 1.54) is 22.7 Å². The van der Waals surface area contributed by atoms with Crippen molar-refractivity contribution < 1.29 is 13.2 Å². The van der Waals surface area contributed by atoms with Gasteiger partial charge in [0.05, 0.1) is 17.5 Å². The second-order valence-electron chi connectivity index (χ2n) is 8.65. The highest BCUT2D eigenvalue weighted by Gasteiger charge is 2.29. The molecule has 0 radical (unpaired) electrons. The van der Waals surface area contributed by atoms with Crippen molar-refractivity contribution in [2.75, 3.05) is 36.2 Å². The first-order chi connectivity index (χ1) is 14.9. The standard InChI is InChI=1S/C24H31N3O3S/c1-19-11-14-26(15-12-19)23(20-7-3-2-4-8-20)18-25-24(28)21-9-5-10-22(17-21)27-13-6-16-31(27,29)30/h2-5,7-10,17,19,23H,6,11-16,18H2,1H3,(H,25,28). The van der Waals surface area contributed by atoms with Crippen LogP contribution in [0.4, 0.5) is 5.69 Å². The lowest BCUT2D eigenvalue weighted by Crippen LogP contribution is -2.42. The predicted molar refractivity (Wildman–Crippen MR) is 124 cm³/mol. The normalized spacial score (nSPS) is 20.5. The first-order valence-electron chi connectivity index (χ1n) is 11.1. The Balaban J connectivity index is 1.47. The maximum absolute atomic E-state index is 12.9. The van der Waals surface area contributed by atoms with Gasteiger partial charge in [-0.15, -0.1) is 0 Å². The molecule has 0 aromatic heterocycles. The molecule has 2 aliphatic heterocycles. The van der Waals surface area contributed by atoms with Crippen LogP contribution < -0.4 is 9.62 Å². The second kappa shape index (κ2) is 9.40. The summed E-state index contributed by atoms with van der Waals surface area (Å²) in [5.74, 6) is 0.730. The number of hydrogen-bond acceptors (Lipinski definition) is 4. The van der Waals surface area contributed by atoms with Crippen molar-refractivity contribution in [1.29, 1.82) is 0 Å². The average Bonchev–Trinajstić information content (AvgIpc) is 3.14. The molecule has 0 bridgehead atoms. The van der Waals surface area contributed by atoms with Crippen LogP contribution in [0.25, 0.3) is 0 Å². The lowest BCUT2D eigenvalue weighted by atomic mass is 9.95. The summed E-state index contributed by atoms with van der Waals surface area (Å²) >= 11 is 0. The Bertz CT molecular complexity index is 1000. The van der Waals surface area contributed by atoms with Crippen molar-refractivity contribution in [3.8, 4) is 0 Å². The fourth-order valence-corrected chi connectivity index (χ4v) is 6.05. The van der Waals surface area contributed by atoms with Crippen LogP contribution in [0, 0.1) is 5.92 Å². The number of nitrogens with one attached hydrogen (secondary N) is 1. The maximum Gasteiger partial charge on any atom is 0.251 e. The van der Waals surface area contributed by atoms with Gasteiger partial charge in [-0.25, -0.2) is 8.42 Å². The number of amides is 1. The SMILES string of the molecule is CC1CCN(C(CNC(=O)c2cccc(N3CCCS3(=O)=O)c2)c2ccccc2)CC1. The highest BCUT2D eigenvalue weighted by Crippen LogP contribution is 2.27. The van der Waals surface area contributed by atoms with Gasteiger partial charge in [0.15, 0.2) is 0 Å². The first-order valence-corrected chi connectivity index (χ1v) is 12.7. The van der Waals surface area contributed by atoms with E-state index in [1.54, 1.807) is 24.3 Å². The number of likely N-dealkylation sites (tertiary alicyclic amines) is 1. The molecule has 2 aliphatic rings. The molecule has 0 saturated carbocycles. The van der Waals surface area contributed by atoms with E-state index in [2.05, 4.69) is 29.3 Å². The summed E-state index contributed by atoms with van der Waals surface area (Å²) in [5.41, 5.74) is 2.25. The van der Waals surface area contributed by atoms with Gasteiger partial charge in [-0.2, -0.15) is 0 Å². The van der Waals surface area contributed by atoms with E-state index < -0.39 is 10.0 Å². The van der Waals surface area contributed by atoms with Crippen LogP contribution in [-0.2, 0) is 10.0 Å². The predicted octanol–water partition coefficient (Wildman–Crippen LogP) is 3.43. The fourth-order valence-electron chi connectivity index (χ4n) is 4.50. The number of anilines is 1. The smallest absolute Gasteiger partial charge is 0.251 e. The third kappa shape index (κ3) is 5.10. The molecular formula is C24H31N3O3S. The lowest BCUT2D eigenvalue weighted by molar-refractivity contribution is 0.0913. The number of benzene rings is 2. The Morgan fingerprint density at radius 3 is 2.48 bits per heavy atom. The van der Waals surface area contributed by atoms with Crippen molar-refractivity contribution in [3.63, 3.8) is 0 Å². The van der Waals surface area contributed by atoms with Gasteiger partial charge in [0, 0.05) is 18.7 Å². The molecule has 2 fully saturated rings. The van der Waals surface area contributed by atoms with E-state index in [0.717, 1.165) is 19.0 Å². The number of rotatable bonds is 6. The van der Waals surface area contributed by atoms with Gasteiger partial charge in [-0.1, -0.05) is 43.3 Å². The monoisotopic (exact) mass is 441 g/mol. The molecular weight excluding hydrogens is 410 g/mol. The summed E-state index contributed by atoms with van der Waals surface area (Å²) in [5, 5.41) is 3.10. The molecule has 2 heterocycles. The van der Waals surface area contributed by atoms with Crippen LogP contribution in [0.5, 0.6) is 0 Å². The van der Waals surface area contributed by atoms with Gasteiger partial charge in [0.2, 0.25) is 10.0 Å². The zero-order valence-electron chi connectivity index (χ0n) is 18.0. The van der Waals surface area contributed by atoms with Crippen LogP contribution in [0.2, 0.25) is 0 Å². The Morgan fingerprint density at radius 1 is 1.06 bits per heavy atom. The molecule has 31 heavy (non-hydrogen) atoms. The number of carbonyl (C=O) groups is 1. The van der Waals surface area contributed by atoms with Crippen LogP contribution >= 0.6 is 0 Å². The van der Waals surface area contributed by atoms with Crippen LogP contribution in [0.15, 0.2) is 54.6 Å². The van der Waals surface area contributed by atoms with E-state index >= 15 is 0 Å². The highest BCUT2D eigenvalue weighted by molar-refractivity contribution is 7.93. The van der Waals surface area contributed by atoms with Crippen molar-refractivity contribution in [2.45, 2.75) is 32.2 Å². The molecule has 2 saturated heterocycles. The molecule has 2 aromatic carbocycles. The molecule has 1 amide bonds. The Labute approximate surface area is 185 Å². The number of piperidine rings is 1. The molecule has 1 unspecified atom stereocenters. The quantitative estimate of drug-likeness (QED) is 0.746. The van der Waals surface area contributed by atoms with E-state index in [4.69, 9.17) is 0 Å². The minimum Gasteiger partial charge on any atom is -0.350 e. The molecule has 1 atom stereocenters. The van der Waals surface area contributed by atoms with Gasteiger partial charge >= 0.3 is 0 Å². The average molecular weight is 442 g/mol. The third-order valence-electron chi connectivity index (χ3n) is 6.39. The zero-order chi connectivity index (χ0) is 21.8. The third-order valence-corrected chi connectivity index (χ3v) is 8.26. The fraction of sp³-hybridized carbons (Fsp3) is 0.458. The molecule has 4 rings (SSSR count). The molecule has 2 aromatic rings. The van der Waals surface area contributed by atoms with E-state index in [0.29, 0.717) is 30.8 Å². The minimum absolute atomic E-state index is 0.125. The summed E-state index contributed by atoms with van der Waals surface area (Å²) < 4.78 is 25.9. The van der Waals surface area contributed by atoms with Gasteiger partial charge < -0.3 is 5.32 Å². The Kier molecular flexibility index (Phi) is 6.62. The van der Waals surface area contributed by atoms with Gasteiger partial charge in [0.1, 0.15) is 0 Å². The van der Waals surface area contributed by atoms with Gasteiger partial charge in [-0.05, 0) is 62.0 Å². The maximum atomic E-state index is 12.9. The molecule has 7 heteroatoms. The van der Waals surface area contributed by atoms with Crippen molar-refractivity contribution in [2.24, 2.45) is 5.92 Å². The Morgan fingerprint density at radius 2 is 1.81 bits per heavy atom.